The van der Waals surface area contributed by atoms with E-state index in [0.29, 0.717) is 19.3 Å². The predicted octanol–water partition coefficient (Wildman–Crippen LogP) is 17.2. The zero-order chi connectivity index (χ0) is 41.1. The van der Waals surface area contributed by atoms with Crippen molar-refractivity contribution in [2.75, 3.05) is 0 Å². The number of hydrogen-bond acceptors (Lipinski definition) is 7. The standard InChI is InChI=1S/C48H93O7P/c1-4-7-10-13-16-19-22-25-28-31-34-37-40-43-46(49)53-56(52,54-47(50)44-41-38-35-32-29-26-23-20-17-14-11-8-5-2)55-48(51)45-42-39-36-33-30-27-24-21-18-15-12-9-6-3/h4-45H2,1-3H3. The second-order valence-corrected chi connectivity index (χ2v) is 18.3. The van der Waals surface area contributed by atoms with Crippen LogP contribution in [-0.2, 0) is 32.5 Å². The van der Waals surface area contributed by atoms with E-state index in [4.69, 9.17) is 13.6 Å². The van der Waals surface area contributed by atoms with Crippen LogP contribution in [-0.4, -0.2) is 17.9 Å². The van der Waals surface area contributed by atoms with E-state index >= 15 is 0 Å². The van der Waals surface area contributed by atoms with Gasteiger partial charge < -0.3 is 13.6 Å². The molecule has 0 aromatic heterocycles. The fraction of sp³-hybridized carbons (Fsp3) is 0.938. The van der Waals surface area contributed by atoms with Crippen LogP contribution in [0.5, 0.6) is 0 Å². The van der Waals surface area contributed by atoms with E-state index in [2.05, 4.69) is 20.8 Å². The molecular weight excluding hydrogens is 719 g/mol. The highest BCUT2D eigenvalue weighted by Crippen LogP contribution is 2.51. The monoisotopic (exact) mass is 813 g/mol. The molecule has 8 heteroatoms. The molecule has 0 aromatic rings. The molecule has 0 aliphatic carbocycles. The Bertz CT molecular complexity index is 809. The van der Waals surface area contributed by atoms with Gasteiger partial charge in [-0.15, -0.1) is 0 Å². The fourth-order valence-corrected chi connectivity index (χ4v) is 8.56. The van der Waals surface area contributed by atoms with Gasteiger partial charge in [-0.3, -0.25) is 14.4 Å². The second kappa shape index (κ2) is 43.2. The van der Waals surface area contributed by atoms with E-state index in [9.17, 15) is 18.9 Å². The lowest BCUT2D eigenvalue weighted by Crippen LogP contribution is -2.14. The van der Waals surface area contributed by atoms with Crippen molar-refractivity contribution >= 4 is 25.7 Å². The second-order valence-electron chi connectivity index (χ2n) is 16.8. The van der Waals surface area contributed by atoms with Crippen LogP contribution in [0.4, 0.5) is 0 Å². The van der Waals surface area contributed by atoms with E-state index in [1.165, 1.54) is 173 Å². The summed E-state index contributed by atoms with van der Waals surface area (Å²) in [5, 5.41) is 0. The van der Waals surface area contributed by atoms with Gasteiger partial charge in [0, 0.05) is 19.3 Å². The molecule has 0 radical (unpaired) electrons. The van der Waals surface area contributed by atoms with Gasteiger partial charge in [0.25, 0.3) is 0 Å². The molecule has 0 heterocycles. The summed E-state index contributed by atoms with van der Waals surface area (Å²) in [5.74, 6) is -2.25. The summed E-state index contributed by atoms with van der Waals surface area (Å²) in [6.07, 6.45) is 46.4. The number of rotatable bonds is 45. The van der Waals surface area contributed by atoms with Crippen molar-refractivity contribution in [3.05, 3.63) is 0 Å². The lowest BCUT2D eigenvalue weighted by molar-refractivity contribution is -0.144. The highest BCUT2D eigenvalue weighted by Gasteiger charge is 2.39. The molecule has 0 fully saturated rings. The number of phosphoric acid groups is 1. The molecule has 0 saturated heterocycles. The van der Waals surface area contributed by atoms with Gasteiger partial charge in [-0.05, 0) is 19.3 Å². The van der Waals surface area contributed by atoms with Gasteiger partial charge >= 0.3 is 25.7 Å². The minimum absolute atomic E-state index is 0.0502. The van der Waals surface area contributed by atoms with E-state index in [0.717, 1.165) is 57.8 Å². The summed E-state index contributed by atoms with van der Waals surface area (Å²) in [7, 11) is -4.70. The number of phosphoric ester groups is 1. The Morgan fingerprint density at radius 3 is 0.571 bits per heavy atom. The molecule has 0 aromatic carbocycles. The molecule has 0 aliphatic heterocycles. The van der Waals surface area contributed by atoms with Crippen LogP contribution in [0, 0.1) is 0 Å². The summed E-state index contributed by atoms with van der Waals surface area (Å²) in [6.45, 7) is 6.75. The molecular formula is C48H93O7P. The van der Waals surface area contributed by atoms with Crippen molar-refractivity contribution in [3.63, 3.8) is 0 Å². The van der Waals surface area contributed by atoms with E-state index < -0.39 is 25.7 Å². The number of hydrogen-bond donors (Lipinski definition) is 0. The average Bonchev–Trinajstić information content (AvgIpc) is 3.17. The molecule has 0 unspecified atom stereocenters. The third kappa shape index (κ3) is 40.8. The van der Waals surface area contributed by atoms with Crippen molar-refractivity contribution in [2.45, 2.75) is 290 Å². The smallest absolute Gasteiger partial charge is 0.352 e. The van der Waals surface area contributed by atoms with Gasteiger partial charge in [-0.2, -0.15) is 4.57 Å². The van der Waals surface area contributed by atoms with Crippen LogP contribution in [0.3, 0.4) is 0 Å². The first-order valence-electron chi connectivity index (χ1n) is 24.6. The first kappa shape index (κ1) is 54.6. The summed E-state index contributed by atoms with van der Waals surface area (Å²) in [6, 6.07) is 0. The van der Waals surface area contributed by atoms with Gasteiger partial charge in [-0.25, -0.2) is 0 Å². The van der Waals surface area contributed by atoms with Gasteiger partial charge in [0.15, 0.2) is 0 Å². The minimum Gasteiger partial charge on any atom is -0.352 e. The maximum Gasteiger partial charge on any atom is 0.653 e. The highest BCUT2D eigenvalue weighted by molar-refractivity contribution is 7.50. The zero-order valence-corrected chi connectivity index (χ0v) is 38.4. The van der Waals surface area contributed by atoms with Crippen molar-refractivity contribution in [2.24, 2.45) is 0 Å². The van der Waals surface area contributed by atoms with Crippen molar-refractivity contribution < 1.29 is 32.5 Å². The number of carbonyl (C=O) groups excluding carboxylic acids is 3. The summed E-state index contributed by atoms with van der Waals surface area (Å²) >= 11 is 0. The lowest BCUT2D eigenvalue weighted by Gasteiger charge is -2.16. The van der Waals surface area contributed by atoms with Crippen LogP contribution < -0.4 is 0 Å². The van der Waals surface area contributed by atoms with Crippen molar-refractivity contribution in [1.82, 2.24) is 0 Å². The molecule has 0 atom stereocenters. The maximum atomic E-state index is 13.5. The topological polar surface area (TPSA) is 96.0 Å². The van der Waals surface area contributed by atoms with Crippen LogP contribution in [0.1, 0.15) is 290 Å². The van der Waals surface area contributed by atoms with Crippen LogP contribution in [0.25, 0.3) is 0 Å². The van der Waals surface area contributed by atoms with Gasteiger partial charge in [0.05, 0.1) is 0 Å². The summed E-state index contributed by atoms with van der Waals surface area (Å²) in [5.41, 5.74) is 0. The Kier molecular flexibility index (Phi) is 42.2. The predicted molar refractivity (Wildman–Crippen MR) is 237 cm³/mol. The average molecular weight is 813 g/mol. The normalized spacial score (nSPS) is 11.6. The van der Waals surface area contributed by atoms with E-state index in [1.54, 1.807) is 0 Å². The molecule has 7 nitrogen and oxygen atoms in total. The summed E-state index contributed by atoms with van der Waals surface area (Å²) < 4.78 is 29.0. The number of carbonyl (C=O) groups is 3. The van der Waals surface area contributed by atoms with Crippen molar-refractivity contribution in [1.29, 1.82) is 0 Å². The van der Waals surface area contributed by atoms with Gasteiger partial charge in [-0.1, -0.05) is 252 Å². The molecule has 332 valence electrons. The fourth-order valence-electron chi connectivity index (χ4n) is 7.43. The molecule has 56 heavy (non-hydrogen) atoms. The van der Waals surface area contributed by atoms with Crippen LogP contribution >= 0.6 is 7.82 Å². The quantitative estimate of drug-likeness (QED) is 0.0446. The Hall–Kier alpha value is -1.36. The van der Waals surface area contributed by atoms with E-state index in [-0.39, 0.29) is 19.3 Å². The van der Waals surface area contributed by atoms with Gasteiger partial charge in [0.2, 0.25) is 0 Å². The zero-order valence-electron chi connectivity index (χ0n) is 37.5. The van der Waals surface area contributed by atoms with Crippen LogP contribution in [0.2, 0.25) is 0 Å². The summed E-state index contributed by atoms with van der Waals surface area (Å²) in [4.78, 5) is 38.2. The van der Waals surface area contributed by atoms with Crippen molar-refractivity contribution in [3.8, 4) is 0 Å². The molecule has 0 amide bonds. The Balaban J connectivity index is 4.48. The minimum atomic E-state index is -4.70. The molecule has 0 N–H and O–H groups in total. The molecule has 0 saturated carbocycles. The largest absolute Gasteiger partial charge is 0.653 e. The lowest BCUT2D eigenvalue weighted by atomic mass is 10.0. The SMILES string of the molecule is CCCCCCCCCCCCCCCC(=O)OP(=O)(OC(=O)CCCCCCCCCCCCCCC)OC(=O)CCCCCCCCCCCCCCC. The third-order valence-corrected chi connectivity index (χ3v) is 12.4. The first-order valence-corrected chi connectivity index (χ1v) is 26.1. The molecule has 0 spiro atoms. The Morgan fingerprint density at radius 1 is 0.268 bits per heavy atom. The Morgan fingerprint density at radius 2 is 0.411 bits per heavy atom. The highest BCUT2D eigenvalue weighted by atomic mass is 31.2. The number of unbranched alkanes of at least 4 members (excludes halogenated alkanes) is 36. The maximum absolute atomic E-state index is 13.5. The Labute approximate surface area is 347 Å². The van der Waals surface area contributed by atoms with E-state index in [1.807, 2.05) is 0 Å². The molecule has 0 rings (SSSR count). The van der Waals surface area contributed by atoms with Gasteiger partial charge in [0.1, 0.15) is 0 Å². The molecule has 0 aliphatic rings. The first-order chi connectivity index (χ1) is 27.4. The van der Waals surface area contributed by atoms with Crippen LogP contribution in [0.15, 0.2) is 0 Å². The third-order valence-electron chi connectivity index (χ3n) is 11.1. The molecule has 0 bridgehead atoms.